The molecular weight excluding hydrogens is 337 g/mol. The van der Waals surface area contributed by atoms with Gasteiger partial charge >= 0.3 is 6.36 Å². The number of benzene rings is 1. The quantitative estimate of drug-likeness (QED) is 0.750. The van der Waals surface area contributed by atoms with Crippen molar-refractivity contribution in [1.82, 2.24) is 19.7 Å². The number of nitrogens with two attached hydrogens (primary N) is 1. The first kappa shape index (κ1) is 16.8. The number of nitrogens with one attached hydrogen (secondary N) is 1. The number of nitrogen functional groups attached to an aromatic ring is 1. The van der Waals surface area contributed by atoms with Crippen molar-refractivity contribution >= 4 is 22.8 Å². The summed E-state index contributed by atoms with van der Waals surface area (Å²) >= 11 is 0. The van der Waals surface area contributed by atoms with Crippen molar-refractivity contribution in [3.63, 3.8) is 0 Å². The maximum atomic E-state index is 12.4. The average Bonchev–Trinajstić information content (AvgIpc) is 2.87. The molecule has 10 heteroatoms. The van der Waals surface area contributed by atoms with E-state index in [-0.39, 0.29) is 17.7 Å². The molecular formula is C15H15F3N6O. The van der Waals surface area contributed by atoms with Gasteiger partial charge in [0, 0.05) is 7.05 Å². The van der Waals surface area contributed by atoms with Crippen LogP contribution >= 0.6 is 0 Å². The normalized spacial score (nSPS) is 13.0. The second kappa shape index (κ2) is 6.11. The Morgan fingerprint density at radius 2 is 2.04 bits per heavy atom. The molecule has 2 heterocycles. The van der Waals surface area contributed by atoms with Crippen molar-refractivity contribution in [2.24, 2.45) is 7.05 Å². The number of rotatable bonds is 4. The fourth-order valence-corrected chi connectivity index (χ4v) is 2.42. The number of alkyl halides is 3. The predicted molar refractivity (Wildman–Crippen MR) is 85.9 cm³/mol. The van der Waals surface area contributed by atoms with Gasteiger partial charge in [0.15, 0.2) is 5.65 Å². The number of hydrogen-bond acceptors (Lipinski definition) is 6. The summed E-state index contributed by atoms with van der Waals surface area (Å²) in [5.74, 6) is 0.234. The Labute approximate surface area is 140 Å². The van der Waals surface area contributed by atoms with E-state index in [9.17, 15) is 13.2 Å². The lowest BCUT2D eigenvalue weighted by molar-refractivity contribution is -0.274. The first-order valence-corrected chi connectivity index (χ1v) is 7.30. The molecule has 0 fully saturated rings. The van der Waals surface area contributed by atoms with Crippen LogP contribution in [-0.2, 0) is 7.05 Å². The van der Waals surface area contributed by atoms with Gasteiger partial charge in [-0.15, -0.1) is 13.2 Å². The van der Waals surface area contributed by atoms with E-state index >= 15 is 0 Å². The van der Waals surface area contributed by atoms with Crippen molar-refractivity contribution in [3.05, 3.63) is 36.0 Å². The monoisotopic (exact) mass is 352 g/mol. The maximum absolute atomic E-state index is 12.4. The number of fused-ring (bicyclic) bond motifs is 1. The van der Waals surface area contributed by atoms with Gasteiger partial charge in [0.05, 0.1) is 17.6 Å². The van der Waals surface area contributed by atoms with Gasteiger partial charge in [0.25, 0.3) is 0 Å². The number of halogens is 3. The van der Waals surface area contributed by atoms with Crippen molar-refractivity contribution in [2.75, 3.05) is 11.1 Å². The molecule has 1 atom stereocenters. The molecule has 0 aliphatic carbocycles. The molecule has 1 aromatic carbocycles. The van der Waals surface area contributed by atoms with Crippen LogP contribution in [0.4, 0.5) is 24.9 Å². The molecule has 132 valence electrons. The number of ether oxygens (including phenoxy) is 1. The van der Waals surface area contributed by atoms with Crippen LogP contribution in [0.1, 0.15) is 18.5 Å². The van der Waals surface area contributed by atoms with Crippen LogP contribution in [0.5, 0.6) is 5.75 Å². The lowest BCUT2D eigenvalue weighted by Gasteiger charge is -2.17. The third-order valence-corrected chi connectivity index (χ3v) is 3.55. The lowest BCUT2D eigenvalue weighted by Crippen LogP contribution is -2.17. The summed E-state index contributed by atoms with van der Waals surface area (Å²) in [7, 11) is 1.72. The molecule has 0 saturated carbocycles. The second-order valence-electron chi connectivity index (χ2n) is 5.42. The smallest absolute Gasteiger partial charge is 0.406 e. The fourth-order valence-electron chi connectivity index (χ4n) is 2.42. The maximum Gasteiger partial charge on any atom is 0.573 e. The van der Waals surface area contributed by atoms with E-state index < -0.39 is 6.36 Å². The molecule has 3 N–H and O–H groups in total. The zero-order chi connectivity index (χ0) is 18.2. The summed E-state index contributed by atoms with van der Waals surface area (Å²) in [6.45, 7) is 1.78. The predicted octanol–water partition coefficient (Wildman–Crippen LogP) is 3.02. The summed E-state index contributed by atoms with van der Waals surface area (Å²) in [6, 6.07) is 5.38. The van der Waals surface area contributed by atoms with Gasteiger partial charge in [0.2, 0.25) is 5.95 Å². The van der Waals surface area contributed by atoms with Crippen LogP contribution in [0.25, 0.3) is 11.0 Å². The van der Waals surface area contributed by atoms with Gasteiger partial charge in [-0.1, -0.05) is 12.1 Å². The number of hydrogen-bond donors (Lipinski definition) is 2. The molecule has 0 radical (unpaired) electrons. The van der Waals surface area contributed by atoms with Crippen LogP contribution in [0.2, 0.25) is 0 Å². The zero-order valence-corrected chi connectivity index (χ0v) is 13.4. The molecule has 0 aliphatic heterocycles. The Hall–Kier alpha value is -3.04. The first-order chi connectivity index (χ1) is 11.7. The third kappa shape index (κ3) is 3.73. The Morgan fingerprint density at radius 3 is 2.76 bits per heavy atom. The van der Waals surface area contributed by atoms with Gasteiger partial charge in [-0.3, -0.25) is 4.68 Å². The standard InChI is InChI=1S/C15H15F3N6O/c1-8(9-4-3-5-10(6-9)25-15(16,17)18)21-12-11-7-20-24(2)13(11)23-14(19)22-12/h3-8H,1-2H3,(H3,19,21,22,23)/t8-/m0/s1. The van der Waals surface area contributed by atoms with E-state index in [1.54, 1.807) is 30.9 Å². The van der Waals surface area contributed by atoms with Crippen molar-refractivity contribution < 1.29 is 17.9 Å². The average molecular weight is 352 g/mol. The topological polar surface area (TPSA) is 90.9 Å². The van der Waals surface area contributed by atoms with Crippen LogP contribution in [0.15, 0.2) is 30.5 Å². The summed E-state index contributed by atoms with van der Waals surface area (Å²) in [4.78, 5) is 8.27. The Morgan fingerprint density at radius 1 is 1.28 bits per heavy atom. The number of anilines is 2. The van der Waals surface area contributed by atoms with Crippen molar-refractivity contribution in [3.8, 4) is 5.75 Å². The molecule has 2 aromatic heterocycles. The van der Waals surface area contributed by atoms with E-state index in [1.165, 1.54) is 18.2 Å². The van der Waals surface area contributed by atoms with Crippen LogP contribution in [-0.4, -0.2) is 26.1 Å². The van der Waals surface area contributed by atoms with Crippen LogP contribution in [0, 0.1) is 0 Å². The summed E-state index contributed by atoms with van der Waals surface area (Å²) in [5.41, 5.74) is 6.86. The molecule has 0 amide bonds. The molecule has 0 bridgehead atoms. The molecule has 0 saturated heterocycles. The molecule has 0 unspecified atom stereocenters. The molecule has 3 rings (SSSR count). The molecule has 25 heavy (non-hydrogen) atoms. The van der Waals surface area contributed by atoms with Gasteiger partial charge in [-0.2, -0.15) is 15.1 Å². The summed E-state index contributed by atoms with van der Waals surface area (Å²) < 4.78 is 42.6. The number of nitrogens with zero attached hydrogens (tertiary/aromatic N) is 4. The highest BCUT2D eigenvalue weighted by Gasteiger charge is 2.31. The van der Waals surface area contributed by atoms with E-state index in [0.717, 1.165) is 0 Å². The minimum Gasteiger partial charge on any atom is -0.406 e. The van der Waals surface area contributed by atoms with Gasteiger partial charge in [-0.05, 0) is 24.6 Å². The van der Waals surface area contributed by atoms with Gasteiger partial charge in [-0.25, -0.2) is 0 Å². The highest BCUT2D eigenvalue weighted by atomic mass is 19.4. The highest BCUT2D eigenvalue weighted by molar-refractivity contribution is 5.87. The van der Waals surface area contributed by atoms with Crippen molar-refractivity contribution in [2.45, 2.75) is 19.3 Å². The van der Waals surface area contributed by atoms with Gasteiger partial charge in [0.1, 0.15) is 11.6 Å². The number of aromatic nitrogens is 4. The van der Waals surface area contributed by atoms with Crippen molar-refractivity contribution in [1.29, 1.82) is 0 Å². The summed E-state index contributed by atoms with van der Waals surface area (Å²) in [6.07, 6.45) is -3.15. The fraction of sp³-hybridized carbons (Fsp3) is 0.267. The highest BCUT2D eigenvalue weighted by Crippen LogP contribution is 2.28. The van der Waals surface area contributed by atoms with Crippen LogP contribution in [0.3, 0.4) is 0 Å². The van der Waals surface area contributed by atoms with Gasteiger partial charge < -0.3 is 15.8 Å². The van der Waals surface area contributed by atoms with Crippen LogP contribution < -0.4 is 15.8 Å². The second-order valence-corrected chi connectivity index (χ2v) is 5.42. The molecule has 7 nitrogen and oxygen atoms in total. The molecule has 3 aromatic rings. The minimum atomic E-state index is -4.74. The molecule has 0 spiro atoms. The Kier molecular flexibility index (Phi) is 4.11. The SMILES string of the molecule is C[C@H](Nc1nc(N)nc2c1cnn2C)c1cccc(OC(F)(F)F)c1. The zero-order valence-electron chi connectivity index (χ0n) is 13.4. The van der Waals surface area contributed by atoms with E-state index in [0.29, 0.717) is 22.4 Å². The lowest BCUT2D eigenvalue weighted by atomic mass is 10.1. The summed E-state index contributed by atoms with van der Waals surface area (Å²) in [5, 5.41) is 7.89. The largest absolute Gasteiger partial charge is 0.573 e. The first-order valence-electron chi connectivity index (χ1n) is 7.30. The molecule has 0 aliphatic rings. The van der Waals surface area contributed by atoms with E-state index in [4.69, 9.17) is 5.73 Å². The van der Waals surface area contributed by atoms with E-state index in [2.05, 4.69) is 25.1 Å². The Bertz CT molecular complexity index is 908. The number of aryl methyl sites for hydroxylation is 1. The third-order valence-electron chi connectivity index (χ3n) is 3.55. The minimum absolute atomic E-state index is 0.0694. The Balaban J connectivity index is 1.88. The van der Waals surface area contributed by atoms with E-state index in [1.807, 2.05) is 0 Å².